The van der Waals surface area contributed by atoms with E-state index in [0.717, 1.165) is 53.6 Å². The fraction of sp³-hybridized carbons (Fsp3) is 0.350. The SMILES string of the molecule is COc1cc2nncc(-c3cnccc3N3CCC(O)CC3)c2cc1OC. The third-order valence-electron chi connectivity index (χ3n) is 5.04. The van der Waals surface area contributed by atoms with Gasteiger partial charge in [-0.1, -0.05) is 0 Å². The van der Waals surface area contributed by atoms with E-state index >= 15 is 0 Å². The molecule has 0 bridgehead atoms. The van der Waals surface area contributed by atoms with E-state index in [0.29, 0.717) is 11.5 Å². The maximum absolute atomic E-state index is 9.83. The smallest absolute Gasteiger partial charge is 0.162 e. The van der Waals surface area contributed by atoms with Crippen molar-refractivity contribution < 1.29 is 14.6 Å². The highest BCUT2D eigenvalue weighted by Gasteiger charge is 2.21. The third kappa shape index (κ3) is 3.26. The van der Waals surface area contributed by atoms with Crippen LogP contribution in [0, 0.1) is 0 Å². The number of nitrogens with zero attached hydrogens (tertiary/aromatic N) is 4. The Kier molecular flexibility index (Phi) is 4.77. The summed E-state index contributed by atoms with van der Waals surface area (Å²) in [4.78, 5) is 6.62. The summed E-state index contributed by atoms with van der Waals surface area (Å²) in [5.41, 5.74) is 3.74. The lowest BCUT2D eigenvalue weighted by atomic mass is 10.00. The van der Waals surface area contributed by atoms with Crippen LogP contribution in [0.4, 0.5) is 5.69 Å². The summed E-state index contributed by atoms with van der Waals surface area (Å²) in [5.74, 6) is 1.26. The predicted molar refractivity (Wildman–Crippen MR) is 103 cm³/mol. The summed E-state index contributed by atoms with van der Waals surface area (Å²) in [5, 5.41) is 19.2. The van der Waals surface area contributed by atoms with E-state index in [-0.39, 0.29) is 6.10 Å². The van der Waals surface area contributed by atoms with Crippen LogP contribution in [0.1, 0.15) is 12.8 Å². The fourth-order valence-electron chi connectivity index (χ4n) is 3.58. The van der Waals surface area contributed by atoms with Crippen LogP contribution >= 0.6 is 0 Å². The Bertz CT molecular complexity index is 955. The Morgan fingerprint density at radius 2 is 1.78 bits per heavy atom. The number of aromatic nitrogens is 3. The number of piperidine rings is 1. The molecule has 2 aromatic heterocycles. The molecule has 3 heterocycles. The lowest BCUT2D eigenvalue weighted by molar-refractivity contribution is 0.145. The fourth-order valence-corrected chi connectivity index (χ4v) is 3.58. The zero-order valence-electron chi connectivity index (χ0n) is 15.4. The molecule has 1 saturated heterocycles. The molecule has 0 radical (unpaired) electrons. The topological polar surface area (TPSA) is 80.6 Å². The first kappa shape index (κ1) is 17.5. The molecule has 0 aliphatic carbocycles. The van der Waals surface area contributed by atoms with Gasteiger partial charge >= 0.3 is 0 Å². The lowest BCUT2D eigenvalue weighted by Gasteiger charge is -2.32. The van der Waals surface area contributed by atoms with E-state index in [4.69, 9.17) is 9.47 Å². The zero-order valence-corrected chi connectivity index (χ0v) is 15.4. The Labute approximate surface area is 157 Å². The minimum atomic E-state index is -0.216. The molecule has 1 aliphatic rings. The first-order valence-electron chi connectivity index (χ1n) is 8.96. The molecule has 1 N–H and O–H groups in total. The van der Waals surface area contributed by atoms with Gasteiger partial charge in [0.15, 0.2) is 11.5 Å². The highest BCUT2D eigenvalue weighted by atomic mass is 16.5. The Morgan fingerprint density at radius 3 is 2.52 bits per heavy atom. The molecule has 3 aromatic rings. The lowest BCUT2D eigenvalue weighted by Crippen LogP contribution is -2.36. The van der Waals surface area contributed by atoms with Crippen molar-refractivity contribution in [1.29, 1.82) is 0 Å². The van der Waals surface area contributed by atoms with Gasteiger partial charge in [0, 0.05) is 53.8 Å². The second-order valence-electron chi connectivity index (χ2n) is 6.59. The summed E-state index contributed by atoms with van der Waals surface area (Å²) in [6.45, 7) is 1.62. The van der Waals surface area contributed by atoms with Crippen LogP contribution in [0.3, 0.4) is 0 Å². The molecule has 140 valence electrons. The number of methoxy groups -OCH3 is 2. The first-order valence-corrected chi connectivity index (χ1v) is 8.96. The molecule has 0 spiro atoms. The average molecular weight is 366 g/mol. The van der Waals surface area contributed by atoms with Crippen molar-refractivity contribution in [2.75, 3.05) is 32.2 Å². The van der Waals surface area contributed by atoms with Gasteiger partial charge in [-0.25, -0.2) is 0 Å². The van der Waals surface area contributed by atoms with E-state index in [1.165, 1.54) is 0 Å². The van der Waals surface area contributed by atoms with Gasteiger partial charge in [0.2, 0.25) is 0 Å². The Morgan fingerprint density at radius 1 is 1.04 bits per heavy atom. The van der Waals surface area contributed by atoms with Gasteiger partial charge < -0.3 is 19.5 Å². The van der Waals surface area contributed by atoms with Crippen molar-refractivity contribution >= 4 is 16.6 Å². The van der Waals surface area contributed by atoms with E-state index in [9.17, 15) is 5.11 Å². The van der Waals surface area contributed by atoms with Gasteiger partial charge in [0.05, 0.1) is 32.0 Å². The average Bonchev–Trinajstić information content (AvgIpc) is 2.73. The quantitative estimate of drug-likeness (QED) is 0.760. The van der Waals surface area contributed by atoms with Crippen LogP contribution in [0.5, 0.6) is 11.5 Å². The molecule has 7 heteroatoms. The van der Waals surface area contributed by atoms with Gasteiger partial charge in [0.1, 0.15) is 0 Å². The molecule has 0 amide bonds. The van der Waals surface area contributed by atoms with E-state index in [1.807, 2.05) is 24.4 Å². The number of hydrogen-bond donors (Lipinski definition) is 1. The highest BCUT2D eigenvalue weighted by Crippen LogP contribution is 2.39. The van der Waals surface area contributed by atoms with E-state index < -0.39 is 0 Å². The molecular formula is C20H22N4O3. The van der Waals surface area contributed by atoms with Crippen molar-refractivity contribution in [2.45, 2.75) is 18.9 Å². The largest absolute Gasteiger partial charge is 0.493 e. The monoisotopic (exact) mass is 366 g/mol. The minimum absolute atomic E-state index is 0.216. The highest BCUT2D eigenvalue weighted by molar-refractivity contribution is 5.98. The number of aliphatic hydroxyl groups is 1. The number of hydrogen-bond acceptors (Lipinski definition) is 7. The summed E-state index contributed by atoms with van der Waals surface area (Å²) in [7, 11) is 3.22. The van der Waals surface area contributed by atoms with Crippen LogP contribution in [0.15, 0.2) is 36.8 Å². The maximum Gasteiger partial charge on any atom is 0.162 e. The number of aliphatic hydroxyl groups excluding tert-OH is 1. The minimum Gasteiger partial charge on any atom is -0.493 e. The van der Waals surface area contributed by atoms with Gasteiger partial charge in [-0.3, -0.25) is 4.98 Å². The molecular weight excluding hydrogens is 344 g/mol. The molecule has 1 aliphatic heterocycles. The summed E-state index contributed by atoms with van der Waals surface area (Å²) in [6, 6.07) is 5.77. The van der Waals surface area contributed by atoms with Crippen molar-refractivity contribution in [3.63, 3.8) is 0 Å². The number of fused-ring (bicyclic) bond motifs is 1. The normalized spacial score (nSPS) is 15.1. The number of benzene rings is 1. The summed E-state index contributed by atoms with van der Waals surface area (Å²) < 4.78 is 10.8. The molecule has 7 nitrogen and oxygen atoms in total. The molecule has 27 heavy (non-hydrogen) atoms. The second-order valence-corrected chi connectivity index (χ2v) is 6.59. The van der Waals surface area contributed by atoms with Crippen LogP contribution in [-0.4, -0.2) is 53.7 Å². The van der Waals surface area contributed by atoms with Gasteiger partial charge in [-0.05, 0) is 25.0 Å². The molecule has 4 rings (SSSR count). The molecule has 1 fully saturated rings. The number of rotatable bonds is 4. The third-order valence-corrected chi connectivity index (χ3v) is 5.04. The van der Waals surface area contributed by atoms with Crippen LogP contribution in [0.2, 0.25) is 0 Å². The van der Waals surface area contributed by atoms with Crippen LogP contribution in [-0.2, 0) is 0 Å². The van der Waals surface area contributed by atoms with Gasteiger partial charge in [0.25, 0.3) is 0 Å². The molecule has 0 saturated carbocycles. The standard InChI is InChI=1S/C20H22N4O3/c1-26-19-9-14-15(12-22-23-17(14)10-20(19)27-2)16-11-21-6-3-18(16)24-7-4-13(25)5-8-24/h3,6,9-13,25H,4-5,7-8H2,1-2H3. The second kappa shape index (κ2) is 7.36. The summed E-state index contributed by atoms with van der Waals surface area (Å²) >= 11 is 0. The van der Waals surface area contributed by atoms with Crippen molar-refractivity contribution in [2.24, 2.45) is 0 Å². The van der Waals surface area contributed by atoms with E-state index in [2.05, 4.69) is 20.1 Å². The number of anilines is 1. The van der Waals surface area contributed by atoms with Gasteiger partial charge in [-0.15, -0.1) is 0 Å². The Balaban J connectivity index is 1.86. The number of pyridine rings is 1. The van der Waals surface area contributed by atoms with Crippen molar-refractivity contribution in [3.05, 3.63) is 36.8 Å². The van der Waals surface area contributed by atoms with Crippen molar-refractivity contribution in [1.82, 2.24) is 15.2 Å². The predicted octanol–water partition coefficient (Wildman–Crippen LogP) is 2.67. The summed E-state index contributed by atoms with van der Waals surface area (Å²) in [6.07, 6.45) is 6.72. The first-order chi connectivity index (χ1) is 13.2. The molecule has 1 aromatic carbocycles. The maximum atomic E-state index is 9.83. The van der Waals surface area contributed by atoms with Crippen LogP contribution < -0.4 is 14.4 Å². The van der Waals surface area contributed by atoms with E-state index in [1.54, 1.807) is 26.6 Å². The zero-order chi connectivity index (χ0) is 18.8. The number of ether oxygens (including phenoxy) is 2. The van der Waals surface area contributed by atoms with Gasteiger partial charge in [-0.2, -0.15) is 10.2 Å². The Hall–Kier alpha value is -2.93. The molecule has 0 unspecified atom stereocenters. The van der Waals surface area contributed by atoms with Crippen LogP contribution in [0.25, 0.3) is 22.0 Å². The van der Waals surface area contributed by atoms with Crippen molar-refractivity contribution in [3.8, 4) is 22.6 Å². The molecule has 0 atom stereocenters.